The van der Waals surface area contributed by atoms with E-state index in [9.17, 15) is 4.79 Å². The molecule has 3 fully saturated rings. The van der Waals surface area contributed by atoms with Crippen molar-refractivity contribution in [1.82, 2.24) is 10.2 Å². The highest BCUT2D eigenvalue weighted by Crippen LogP contribution is 2.29. The van der Waals surface area contributed by atoms with Crippen LogP contribution in [0.1, 0.15) is 36.0 Å². The molecule has 26 heavy (non-hydrogen) atoms. The molecule has 3 aliphatic rings. The van der Waals surface area contributed by atoms with Crippen LogP contribution < -0.4 is 10.1 Å². The van der Waals surface area contributed by atoms with Crippen LogP contribution in [0, 0.1) is 11.8 Å². The highest BCUT2D eigenvalue weighted by atomic mass is 35.5. The van der Waals surface area contributed by atoms with E-state index >= 15 is 0 Å². The lowest BCUT2D eigenvalue weighted by Crippen LogP contribution is -2.33. The van der Waals surface area contributed by atoms with E-state index in [0.717, 1.165) is 70.3 Å². The fourth-order valence-electron chi connectivity index (χ4n) is 4.32. The molecular formula is C20H29ClN2O3. The summed E-state index contributed by atoms with van der Waals surface area (Å²) < 4.78 is 11.6. The summed E-state index contributed by atoms with van der Waals surface area (Å²) in [5.41, 5.74) is 0.686. The zero-order valence-corrected chi connectivity index (χ0v) is 16.0. The summed E-state index contributed by atoms with van der Waals surface area (Å²) in [5, 5.41) is 3.49. The van der Waals surface area contributed by atoms with Gasteiger partial charge in [-0.15, -0.1) is 12.4 Å². The minimum absolute atomic E-state index is 0. The van der Waals surface area contributed by atoms with E-state index in [2.05, 4.69) is 5.32 Å². The molecule has 0 aliphatic carbocycles. The molecule has 3 saturated heterocycles. The number of hydrogen-bond donors (Lipinski definition) is 1. The number of nitrogens with zero attached hydrogens (tertiary/aromatic N) is 1. The molecule has 3 aliphatic heterocycles. The van der Waals surface area contributed by atoms with E-state index < -0.39 is 0 Å². The number of ether oxygens (including phenoxy) is 2. The van der Waals surface area contributed by atoms with Gasteiger partial charge in [0.05, 0.1) is 11.7 Å². The molecule has 5 nitrogen and oxygen atoms in total. The fraction of sp³-hybridized carbons (Fsp3) is 0.650. The third-order valence-corrected chi connectivity index (χ3v) is 5.87. The van der Waals surface area contributed by atoms with Crippen LogP contribution in [0.3, 0.4) is 0 Å². The molecule has 0 bridgehead atoms. The molecular weight excluding hydrogens is 352 g/mol. The summed E-state index contributed by atoms with van der Waals surface area (Å²) in [6.45, 7) is 5.25. The number of hydrogen-bond acceptors (Lipinski definition) is 4. The molecule has 0 aromatic heterocycles. The summed E-state index contributed by atoms with van der Waals surface area (Å²) in [5.74, 6) is 2.25. The highest BCUT2D eigenvalue weighted by Gasteiger charge is 2.32. The molecule has 1 N–H and O–H groups in total. The Kier molecular flexibility index (Phi) is 6.79. The van der Waals surface area contributed by atoms with Crippen LogP contribution >= 0.6 is 12.4 Å². The zero-order chi connectivity index (χ0) is 17.1. The van der Waals surface area contributed by atoms with Gasteiger partial charge in [-0.05, 0) is 62.7 Å². The minimum atomic E-state index is 0. The summed E-state index contributed by atoms with van der Waals surface area (Å²) in [7, 11) is 0. The minimum Gasteiger partial charge on any atom is -0.490 e. The third kappa shape index (κ3) is 4.33. The number of benzene rings is 1. The van der Waals surface area contributed by atoms with Crippen LogP contribution in [0.2, 0.25) is 0 Å². The summed E-state index contributed by atoms with van der Waals surface area (Å²) in [6.07, 6.45) is 4.50. The van der Waals surface area contributed by atoms with Crippen molar-refractivity contribution in [3.63, 3.8) is 0 Å². The van der Waals surface area contributed by atoms with Crippen LogP contribution in [0.15, 0.2) is 24.3 Å². The van der Waals surface area contributed by atoms with Crippen LogP contribution in [-0.4, -0.2) is 56.3 Å². The molecule has 1 aromatic rings. The fourth-order valence-corrected chi connectivity index (χ4v) is 4.32. The monoisotopic (exact) mass is 380 g/mol. The van der Waals surface area contributed by atoms with E-state index in [1.165, 1.54) is 0 Å². The molecule has 4 rings (SSSR count). The van der Waals surface area contributed by atoms with Crippen molar-refractivity contribution in [3.05, 3.63) is 29.8 Å². The van der Waals surface area contributed by atoms with Gasteiger partial charge >= 0.3 is 0 Å². The normalized spacial score (nSPS) is 28.2. The average molecular weight is 381 g/mol. The highest BCUT2D eigenvalue weighted by molar-refractivity contribution is 5.97. The summed E-state index contributed by atoms with van der Waals surface area (Å²) >= 11 is 0. The van der Waals surface area contributed by atoms with E-state index in [0.29, 0.717) is 17.9 Å². The van der Waals surface area contributed by atoms with Gasteiger partial charge < -0.3 is 19.7 Å². The molecule has 1 unspecified atom stereocenters. The van der Waals surface area contributed by atoms with Gasteiger partial charge in [0.1, 0.15) is 12.4 Å². The Hall–Kier alpha value is -1.30. The first-order chi connectivity index (χ1) is 12.3. The molecule has 3 atom stereocenters. The van der Waals surface area contributed by atoms with Crippen LogP contribution in [-0.2, 0) is 4.74 Å². The number of fused-ring (bicyclic) bond motifs is 1. The molecule has 0 saturated carbocycles. The van der Waals surface area contributed by atoms with Gasteiger partial charge in [0.25, 0.3) is 5.91 Å². The van der Waals surface area contributed by atoms with E-state index in [4.69, 9.17) is 9.47 Å². The Balaban J connectivity index is 0.00000196. The van der Waals surface area contributed by atoms with Crippen molar-refractivity contribution < 1.29 is 14.3 Å². The van der Waals surface area contributed by atoms with Crippen LogP contribution in [0.4, 0.5) is 0 Å². The number of halogens is 1. The van der Waals surface area contributed by atoms with Crippen LogP contribution in [0.5, 0.6) is 5.75 Å². The molecule has 3 heterocycles. The molecule has 144 valence electrons. The van der Waals surface area contributed by atoms with Gasteiger partial charge in [-0.25, -0.2) is 0 Å². The first kappa shape index (κ1) is 19.5. The molecule has 6 heteroatoms. The largest absolute Gasteiger partial charge is 0.490 e. The molecule has 1 aromatic carbocycles. The quantitative estimate of drug-likeness (QED) is 0.872. The summed E-state index contributed by atoms with van der Waals surface area (Å²) in [6, 6.07) is 7.64. The number of carbonyl (C=O) groups excluding carboxylic acids is 1. The number of nitrogens with one attached hydrogen (secondary N) is 1. The predicted molar refractivity (Wildman–Crippen MR) is 103 cm³/mol. The first-order valence-corrected chi connectivity index (χ1v) is 9.64. The van der Waals surface area contributed by atoms with E-state index in [-0.39, 0.29) is 24.4 Å². The van der Waals surface area contributed by atoms with Crippen molar-refractivity contribution in [2.24, 2.45) is 11.8 Å². The maximum Gasteiger partial charge on any atom is 0.257 e. The number of amides is 1. The Bertz CT molecular complexity index is 592. The van der Waals surface area contributed by atoms with Crippen LogP contribution in [0.25, 0.3) is 0 Å². The Labute approximate surface area is 161 Å². The van der Waals surface area contributed by atoms with Gasteiger partial charge in [-0.2, -0.15) is 0 Å². The lowest BCUT2D eigenvalue weighted by molar-refractivity contribution is 0.0651. The molecule has 0 radical (unpaired) electrons. The smallest absolute Gasteiger partial charge is 0.257 e. The lowest BCUT2D eigenvalue weighted by Gasteiger charge is -2.22. The Morgan fingerprint density at radius 1 is 1.15 bits per heavy atom. The molecule has 1 amide bonds. The standard InChI is InChI=1S/C20H28N2O3.ClH/c23-20(22-9-7-15-12-21-13-16(15)8-10-22)18-5-1-2-6-19(18)25-14-17-4-3-11-24-17;/h1-2,5-6,15-17,21H,3-4,7-14H2;1H/t15-,16+,17?;. The van der Waals surface area contributed by atoms with Gasteiger partial charge in [0.15, 0.2) is 0 Å². The number of para-hydroxylation sites is 1. The summed E-state index contributed by atoms with van der Waals surface area (Å²) in [4.78, 5) is 15.1. The van der Waals surface area contributed by atoms with Gasteiger partial charge in [0, 0.05) is 19.7 Å². The van der Waals surface area contributed by atoms with Crippen molar-refractivity contribution in [2.45, 2.75) is 31.8 Å². The lowest BCUT2D eigenvalue weighted by atomic mass is 9.92. The SMILES string of the molecule is Cl.O=C(c1ccccc1OCC1CCCO1)N1CC[C@@H]2CNC[C@@H]2CC1. The maximum atomic E-state index is 13.1. The van der Waals surface area contributed by atoms with Gasteiger partial charge in [0.2, 0.25) is 0 Å². The zero-order valence-electron chi connectivity index (χ0n) is 15.2. The third-order valence-electron chi connectivity index (χ3n) is 5.87. The molecule has 0 spiro atoms. The Morgan fingerprint density at radius 2 is 1.88 bits per heavy atom. The van der Waals surface area contributed by atoms with Crippen molar-refractivity contribution >= 4 is 18.3 Å². The van der Waals surface area contributed by atoms with E-state index in [1.807, 2.05) is 29.2 Å². The Morgan fingerprint density at radius 3 is 2.58 bits per heavy atom. The topological polar surface area (TPSA) is 50.8 Å². The first-order valence-electron chi connectivity index (χ1n) is 9.64. The number of carbonyl (C=O) groups is 1. The van der Waals surface area contributed by atoms with Crippen molar-refractivity contribution in [2.75, 3.05) is 39.4 Å². The number of rotatable bonds is 4. The van der Waals surface area contributed by atoms with Gasteiger partial charge in [-0.1, -0.05) is 12.1 Å². The van der Waals surface area contributed by atoms with E-state index in [1.54, 1.807) is 0 Å². The predicted octanol–water partition coefficient (Wildman–Crippen LogP) is 2.74. The second-order valence-corrected chi connectivity index (χ2v) is 7.49. The van der Waals surface area contributed by atoms with Gasteiger partial charge in [-0.3, -0.25) is 4.79 Å². The second-order valence-electron chi connectivity index (χ2n) is 7.49. The maximum absolute atomic E-state index is 13.1. The average Bonchev–Trinajstić information content (AvgIpc) is 3.28. The van der Waals surface area contributed by atoms with Crippen molar-refractivity contribution in [1.29, 1.82) is 0 Å². The number of likely N-dealkylation sites (tertiary alicyclic amines) is 1. The van der Waals surface area contributed by atoms with Crippen molar-refractivity contribution in [3.8, 4) is 5.75 Å². The second kappa shape index (κ2) is 9.07.